The van der Waals surface area contributed by atoms with Crippen molar-refractivity contribution < 1.29 is 8.42 Å². The number of nitrogens with zero attached hydrogens (tertiary/aromatic N) is 1. The molecule has 86 valence electrons. The zero-order chi connectivity index (χ0) is 12.0. The quantitative estimate of drug-likeness (QED) is 0.642. The van der Waals surface area contributed by atoms with Crippen LogP contribution in [-0.4, -0.2) is 14.6 Å². The summed E-state index contributed by atoms with van der Waals surface area (Å²) in [5.41, 5.74) is 1.01. The zero-order valence-corrected chi connectivity index (χ0v) is 10.0. The third-order valence-electron chi connectivity index (χ3n) is 1.86. The fourth-order valence-corrected chi connectivity index (χ4v) is 1.80. The summed E-state index contributed by atoms with van der Waals surface area (Å²) < 4.78 is 23.3. The highest BCUT2D eigenvalue weighted by atomic mass is 32.2. The number of allylic oxidation sites excluding steroid dienone is 2. The van der Waals surface area contributed by atoms with Gasteiger partial charge in [-0.1, -0.05) is 23.8 Å². The summed E-state index contributed by atoms with van der Waals surface area (Å²) in [6.45, 7) is 3.72. The predicted molar refractivity (Wildman–Crippen MR) is 64.8 cm³/mol. The topological polar surface area (TPSA) is 58.5 Å². The Labute approximate surface area is 95.7 Å². The van der Waals surface area contributed by atoms with E-state index in [-0.39, 0.29) is 4.90 Å². The molecule has 0 heterocycles. The first kappa shape index (κ1) is 12.4. The van der Waals surface area contributed by atoms with E-state index in [4.69, 9.17) is 0 Å². The molecule has 0 aliphatic heterocycles. The van der Waals surface area contributed by atoms with Crippen molar-refractivity contribution >= 4 is 16.2 Å². The van der Waals surface area contributed by atoms with Gasteiger partial charge in [0.05, 0.1) is 4.90 Å². The number of hydrogen-bond donors (Lipinski definition) is 1. The lowest BCUT2D eigenvalue weighted by Gasteiger charge is -2.02. The average Bonchev–Trinajstić information content (AvgIpc) is 2.25. The van der Waals surface area contributed by atoms with E-state index in [1.165, 1.54) is 6.21 Å². The van der Waals surface area contributed by atoms with Crippen LogP contribution in [-0.2, 0) is 10.0 Å². The molecular weight excluding hydrogens is 224 g/mol. The first-order valence-electron chi connectivity index (χ1n) is 4.79. The van der Waals surface area contributed by atoms with E-state index in [9.17, 15) is 8.42 Å². The van der Waals surface area contributed by atoms with Gasteiger partial charge in [0.2, 0.25) is 0 Å². The van der Waals surface area contributed by atoms with Gasteiger partial charge in [0.15, 0.2) is 0 Å². The summed E-state index contributed by atoms with van der Waals surface area (Å²) >= 11 is 0. The second-order valence-electron chi connectivity index (χ2n) is 3.21. The van der Waals surface area contributed by atoms with E-state index < -0.39 is 10.0 Å². The molecule has 0 unspecified atom stereocenters. The Bertz CT molecular complexity index is 487. The lowest BCUT2D eigenvalue weighted by atomic mass is 10.2. The molecule has 1 aromatic rings. The first-order valence-corrected chi connectivity index (χ1v) is 6.27. The molecule has 0 aliphatic carbocycles. The molecule has 0 radical (unpaired) electrons. The second-order valence-corrected chi connectivity index (χ2v) is 4.87. The molecule has 0 fully saturated rings. The Morgan fingerprint density at radius 1 is 1.25 bits per heavy atom. The molecule has 0 saturated heterocycles. The van der Waals surface area contributed by atoms with Gasteiger partial charge < -0.3 is 0 Å². The van der Waals surface area contributed by atoms with E-state index in [0.717, 1.165) is 5.56 Å². The smallest absolute Gasteiger partial charge is 0.200 e. The lowest BCUT2D eigenvalue weighted by molar-refractivity contribution is 0.584. The van der Waals surface area contributed by atoms with Crippen molar-refractivity contribution in [2.45, 2.75) is 18.7 Å². The summed E-state index contributed by atoms with van der Waals surface area (Å²) in [4.78, 5) is 2.32. The van der Waals surface area contributed by atoms with Gasteiger partial charge >= 0.3 is 0 Å². The number of aryl methyl sites for hydroxylation is 1. The maximum atomic E-state index is 11.7. The minimum Gasteiger partial charge on any atom is -0.200 e. The molecule has 5 heteroatoms. The van der Waals surface area contributed by atoms with Crippen LogP contribution in [0.15, 0.2) is 46.4 Å². The molecule has 1 N–H and O–H groups in total. The Morgan fingerprint density at radius 2 is 1.88 bits per heavy atom. The number of hydrogen-bond acceptors (Lipinski definition) is 3. The van der Waals surface area contributed by atoms with Crippen LogP contribution in [0.25, 0.3) is 0 Å². The van der Waals surface area contributed by atoms with Crippen molar-refractivity contribution in [3.8, 4) is 0 Å². The molecule has 0 bridgehead atoms. The van der Waals surface area contributed by atoms with Crippen molar-refractivity contribution in [2.75, 3.05) is 0 Å². The van der Waals surface area contributed by atoms with Gasteiger partial charge in [-0.25, -0.2) is 4.83 Å². The summed E-state index contributed by atoms with van der Waals surface area (Å²) in [6.07, 6.45) is 4.77. The zero-order valence-electron chi connectivity index (χ0n) is 9.21. The van der Waals surface area contributed by atoms with E-state index >= 15 is 0 Å². The van der Waals surface area contributed by atoms with Crippen LogP contribution in [0.1, 0.15) is 12.5 Å². The predicted octanol–water partition coefficient (Wildman–Crippen LogP) is 1.84. The number of rotatable bonds is 4. The molecule has 4 nitrogen and oxygen atoms in total. The molecule has 16 heavy (non-hydrogen) atoms. The third kappa shape index (κ3) is 3.51. The first-order chi connectivity index (χ1) is 7.56. The number of nitrogens with one attached hydrogen (secondary N) is 1. The normalized spacial score (nSPS) is 12.4. The van der Waals surface area contributed by atoms with Crippen molar-refractivity contribution in [1.29, 1.82) is 0 Å². The summed E-state index contributed by atoms with van der Waals surface area (Å²) in [5.74, 6) is 0. The van der Waals surface area contributed by atoms with Crippen molar-refractivity contribution in [3.05, 3.63) is 42.0 Å². The minimum atomic E-state index is -3.54. The fourth-order valence-electron chi connectivity index (χ4n) is 0.999. The van der Waals surface area contributed by atoms with Crippen LogP contribution in [0.4, 0.5) is 0 Å². The van der Waals surface area contributed by atoms with Gasteiger partial charge in [0, 0.05) is 6.21 Å². The molecule has 0 aromatic heterocycles. The van der Waals surface area contributed by atoms with Crippen LogP contribution in [0.3, 0.4) is 0 Å². The van der Waals surface area contributed by atoms with E-state index in [2.05, 4.69) is 9.93 Å². The molecule has 0 atom stereocenters. The van der Waals surface area contributed by atoms with Crippen LogP contribution in [0.2, 0.25) is 0 Å². The Kier molecular flexibility index (Phi) is 4.25. The third-order valence-corrected chi connectivity index (χ3v) is 3.10. The standard InChI is InChI=1S/C11H14N2O2S/c1-3-4-9-12-13-16(14,15)11-7-5-10(2)6-8-11/h3-9,13H,1-2H3/b4-3+,12-9+. The number of benzene rings is 1. The van der Waals surface area contributed by atoms with Gasteiger partial charge in [-0.3, -0.25) is 0 Å². The molecule has 0 spiro atoms. The minimum absolute atomic E-state index is 0.204. The summed E-state index contributed by atoms with van der Waals surface area (Å²) in [6, 6.07) is 6.57. The molecule has 1 rings (SSSR count). The van der Waals surface area contributed by atoms with Gasteiger partial charge in [-0.15, -0.1) is 0 Å². The van der Waals surface area contributed by atoms with Crippen LogP contribution >= 0.6 is 0 Å². The lowest BCUT2D eigenvalue weighted by Crippen LogP contribution is -2.17. The fraction of sp³-hybridized carbons (Fsp3) is 0.182. The van der Waals surface area contributed by atoms with Crippen molar-refractivity contribution in [3.63, 3.8) is 0 Å². The molecular formula is C11H14N2O2S. The van der Waals surface area contributed by atoms with Crippen LogP contribution in [0.5, 0.6) is 0 Å². The highest BCUT2D eigenvalue weighted by Gasteiger charge is 2.11. The second kappa shape index (κ2) is 5.46. The van der Waals surface area contributed by atoms with Crippen LogP contribution in [0, 0.1) is 6.92 Å². The van der Waals surface area contributed by atoms with Crippen molar-refractivity contribution in [2.24, 2.45) is 5.10 Å². The van der Waals surface area contributed by atoms with Gasteiger partial charge in [0.25, 0.3) is 10.0 Å². The Balaban J connectivity index is 2.82. The number of sulfonamides is 1. The number of hydrazone groups is 1. The largest absolute Gasteiger partial charge is 0.276 e. The monoisotopic (exact) mass is 238 g/mol. The Hall–Kier alpha value is -1.62. The maximum Gasteiger partial charge on any atom is 0.276 e. The van der Waals surface area contributed by atoms with Crippen molar-refractivity contribution in [1.82, 2.24) is 4.83 Å². The summed E-state index contributed by atoms with van der Waals surface area (Å²) in [7, 11) is -3.54. The highest BCUT2D eigenvalue weighted by Crippen LogP contribution is 2.09. The average molecular weight is 238 g/mol. The van der Waals surface area contributed by atoms with Gasteiger partial charge in [-0.05, 0) is 32.1 Å². The van der Waals surface area contributed by atoms with E-state index in [1.54, 1.807) is 36.4 Å². The molecule has 0 amide bonds. The molecule has 0 aliphatic rings. The molecule has 0 saturated carbocycles. The highest BCUT2D eigenvalue weighted by molar-refractivity contribution is 7.89. The van der Waals surface area contributed by atoms with E-state index in [1.807, 2.05) is 13.8 Å². The van der Waals surface area contributed by atoms with E-state index in [0.29, 0.717) is 0 Å². The molecule has 1 aromatic carbocycles. The maximum absolute atomic E-state index is 11.7. The Morgan fingerprint density at radius 3 is 2.44 bits per heavy atom. The van der Waals surface area contributed by atoms with Crippen LogP contribution < -0.4 is 4.83 Å². The van der Waals surface area contributed by atoms with Gasteiger partial charge in [0.1, 0.15) is 0 Å². The van der Waals surface area contributed by atoms with Gasteiger partial charge in [-0.2, -0.15) is 13.5 Å². The SMILES string of the molecule is C/C=C/C=N/NS(=O)(=O)c1ccc(C)cc1. The summed E-state index contributed by atoms with van der Waals surface area (Å²) in [5, 5.41) is 3.58.